The minimum Gasteiger partial charge on any atom is -0.490 e. The predicted octanol–water partition coefficient (Wildman–Crippen LogP) is 4.81. The first-order chi connectivity index (χ1) is 14.7. The second kappa shape index (κ2) is 9.63. The molecule has 1 aromatic heterocycles. The third-order valence-electron chi connectivity index (χ3n) is 5.55. The number of anilines is 2. The Bertz CT molecular complexity index is 934. The molecule has 1 aliphatic rings. The van der Waals surface area contributed by atoms with Gasteiger partial charge < -0.3 is 20.5 Å². The highest BCUT2D eigenvalue weighted by atomic mass is 16.5. The summed E-state index contributed by atoms with van der Waals surface area (Å²) in [7, 11) is 0. The van der Waals surface area contributed by atoms with E-state index < -0.39 is 6.10 Å². The number of rotatable bonds is 9. The number of aliphatic hydroxyl groups is 1. The van der Waals surface area contributed by atoms with Gasteiger partial charge in [-0.05, 0) is 30.2 Å². The fourth-order valence-electron chi connectivity index (χ4n) is 3.91. The van der Waals surface area contributed by atoms with E-state index in [9.17, 15) is 5.11 Å². The Morgan fingerprint density at radius 1 is 1.10 bits per heavy atom. The van der Waals surface area contributed by atoms with Crippen molar-refractivity contribution in [2.24, 2.45) is 0 Å². The Morgan fingerprint density at radius 3 is 2.70 bits per heavy atom. The largest absolute Gasteiger partial charge is 0.490 e. The van der Waals surface area contributed by atoms with E-state index in [0.717, 1.165) is 48.6 Å². The Kier molecular flexibility index (Phi) is 6.50. The van der Waals surface area contributed by atoms with Crippen LogP contribution in [0.25, 0.3) is 0 Å². The fourth-order valence-corrected chi connectivity index (χ4v) is 3.91. The summed E-state index contributed by atoms with van der Waals surface area (Å²) in [5, 5.41) is 17.2. The van der Waals surface area contributed by atoms with Crippen LogP contribution in [0.5, 0.6) is 5.75 Å². The summed E-state index contributed by atoms with van der Waals surface area (Å²) in [6.45, 7) is 2.85. The van der Waals surface area contributed by atoms with E-state index in [0.29, 0.717) is 0 Å². The maximum atomic E-state index is 10.4. The molecule has 0 bridgehead atoms. The predicted molar refractivity (Wildman–Crippen MR) is 121 cm³/mol. The summed E-state index contributed by atoms with van der Waals surface area (Å²) in [6, 6.07) is 22.3. The molecule has 4 rings (SSSR count). The average molecular weight is 404 g/mol. The van der Waals surface area contributed by atoms with Gasteiger partial charge in [0.05, 0.1) is 6.04 Å². The summed E-state index contributed by atoms with van der Waals surface area (Å²) in [4.78, 5) is 4.32. The molecule has 0 saturated carbocycles. The minimum absolute atomic E-state index is 0.0231. The quantitative estimate of drug-likeness (QED) is 0.478. The van der Waals surface area contributed by atoms with Crippen molar-refractivity contribution < 1.29 is 9.84 Å². The summed E-state index contributed by atoms with van der Waals surface area (Å²) in [5.74, 6) is 1.70. The van der Waals surface area contributed by atoms with E-state index in [-0.39, 0.29) is 12.1 Å². The van der Waals surface area contributed by atoms with Crippen molar-refractivity contribution in [1.29, 1.82) is 0 Å². The second-order valence-corrected chi connectivity index (χ2v) is 7.71. The van der Waals surface area contributed by atoms with Gasteiger partial charge in [-0.25, -0.2) is 4.98 Å². The molecular formula is C25H29N3O2. The number of hydrogen-bond donors (Lipinski definition) is 3. The number of ether oxygens (including phenoxy) is 1. The number of hydrogen-bond acceptors (Lipinski definition) is 5. The van der Waals surface area contributed by atoms with Crippen LogP contribution in [0.2, 0.25) is 0 Å². The Hall–Kier alpha value is -3.05. The van der Waals surface area contributed by atoms with Gasteiger partial charge in [0.15, 0.2) is 0 Å². The topological polar surface area (TPSA) is 66.4 Å². The number of aliphatic hydroxyl groups excluding tert-OH is 1. The first-order valence-electron chi connectivity index (χ1n) is 10.7. The maximum absolute atomic E-state index is 10.4. The molecule has 0 fully saturated rings. The molecule has 1 aliphatic heterocycles. The fraction of sp³-hybridized carbons (Fsp3) is 0.320. The molecule has 0 aliphatic carbocycles. The third-order valence-corrected chi connectivity index (χ3v) is 5.55. The monoisotopic (exact) mass is 403 g/mol. The lowest BCUT2D eigenvalue weighted by molar-refractivity contribution is 0.162. The summed E-state index contributed by atoms with van der Waals surface area (Å²) in [6.07, 6.45) is 3.90. The van der Waals surface area contributed by atoms with Crippen LogP contribution in [0, 0.1) is 0 Å². The first-order valence-corrected chi connectivity index (χ1v) is 10.7. The first kappa shape index (κ1) is 20.2. The van der Waals surface area contributed by atoms with Crippen LogP contribution in [0.15, 0.2) is 72.9 Å². The number of pyridine rings is 1. The highest BCUT2D eigenvalue weighted by Crippen LogP contribution is 2.38. The number of benzene rings is 2. The molecule has 2 aromatic carbocycles. The van der Waals surface area contributed by atoms with Crippen LogP contribution >= 0.6 is 0 Å². The van der Waals surface area contributed by atoms with Crippen LogP contribution in [0.4, 0.5) is 11.5 Å². The van der Waals surface area contributed by atoms with Crippen molar-refractivity contribution in [3.63, 3.8) is 0 Å². The molecule has 156 valence electrons. The van der Waals surface area contributed by atoms with Crippen molar-refractivity contribution in [3.05, 3.63) is 84.1 Å². The zero-order valence-electron chi connectivity index (χ0n) is 17.3. The standard InChI is InChI=1S/C25H29N3O2/c1-2-22-25(29)21-12-11-19(17-23(21)28-22)30-20(16-18-8-4-3-5-9-18)13-15-27-24-10-6-7-14-26-24/h3-12,14,17,20,22,25,28-29H,2,13,15-16H2,1H3,(H,26,27). The van der Waals surface area contributed by atoms with Crippen LogP contribution in [0.1, 0.15) is 37.0 Å². The Balaban J connectivity index is 1.44. The van der Waals surface area contributed by atoms with Crippen LogP contribution < -0.4 is 15.4 Å². The highest BCUT2D eigenvalue weighted by Gasteiger charge is 2.29. The van der Waals surface area contributed by atoms with E-state index in [1.54, 1.807) is 6.20 Å². The van der Waals surface area contributed by atoms with Crippen molar-refractivity contribution in [3.8, 4) is 5.75 Å². The van der Waals surface area contributed by atoms with E-state index >= 15 is 0 Å². The zero-order chi connectivity index (χ0) is 20.8. The number of nitrogens with one attached hydrogen (secondary N) is 2. The summed E-state index contributed by atoms with van der Waals surface area (Å²) in [5.41, 5.74) is 3.17. The summed E-state index contributed by atoms with van der Waals surface area (Å²) < 4.78 is 6.40. The Morgan fingerprint density at radius 2 is 1.93 bits per heavy atom. The SMILES string of the molecule is CCC1Nc2cc(OC(CCNc3ccccn3)Cc3ccccc3)ccc2C1O. The minimum atomic E-state index is -0.457. The zero-order valence-corrected chi connectivity index (χ0v) is 17.3. The second-order valence-electron chi connectivity index (χ2n) is 7.71. The Labute approximate surface area is 178 Å². The molecular weight excluding hydrogens is 374 g/mol. The van der Waals surface area contributed by atoms with E-state index in [1.807, 2.05) is 42.5 Å². The van der Waals surface area contributed by atoms with Gasteiger partial charge >= 0.3 is 0 Å². The van der Waals surface area contributed by atoms with Crippen molar-refractivity contribution in [1.82, 2.24) is 4.98 Å². The van der Waals surface area contributed by atoms with E-state index in [1.165, 1.54) is 5.56 Å². The molecule has 5 heteroatoms. The van der Waals surface area contributed by atoms with Gasteiger partial charge in [0.25, 0.3) is 0 Å². The van der Waals surface area contributed by atoms with E-state index in [2.05, 4.69) is 46.8 Å². The van der Waals surface area contributed by atoms with Crippen LogP contribution in [-0.4, -0.2) is 28.8 Å². The van der Waals surface area contributed by atoms with Gasteiger partial charge in [0.1, 0.15) is 23.8 Å². The highest BCUT2D eigenvalue weighted by molar-refractivity contribution is 5.61. The molecule has 3 N–H and O–H groups in total. The van der Waals surface area contributed by atoms with Gasteiger partial charge in [-0.1, -0.05) is 49.4 Å². The van der Waals surface area contributed by atoms with Crippen LogP contribution in [-0.2, 0) is 6.42 Å². The van der Waals surface area contributed by atoms with Crippen molar-refractivity contribution in [2.75, 3.05) is 17.2 Å². The molecule has 0 saturated heterocycles. The molecule has 0 amide bonds. The van der Waals surface area contributed by atoms with Gasteiger partial charge in [-0.15, -0.1) is 0 Å². The number of fused-ring (bicyclic) bond motifs is 1. The number of aromatic nitrogens is 1. The molecule has 0 radical (unpaired) electrons. The normalized spacial score (nSPS) is 18.3. The van der Waals surface area contributed by atoms with Crippen molar-refractivity contribution >= 4 is 11.5 Å². The lowest BCUT2D eigenvalue weighted by Gasteiger charge is -2.20. The van der Waals surface area contributed by atoms with Gasteiger partial charge in [-0.3, -0.25) is 0 Å². The van der Waals surface area contributed by atoms with Gasteiger partial charge in [0, 0.05) is 42.9 Å². The number of nitrogens with zero attached hydrogens (tertiary/aromatic N) is 1. The molecule has 3 atom stereocenters. The van der Waals surface area contributed by atoms with E-state index in [4.69, 9.17) is 4.74 Å². The van der Waals surface area contributed by atoms with Crippen molar-refractivity contribution in [2.45, 2.75) is 44.4 Å². The van der Waals surface area contributed by atoms with Gasteiger partial charge in [0.2, 0.25) is 0 Å². The maximum Gasteiger partial charge on any atom is 0.125 e. The molecule has 30 heavy (non-hydrogen) atoms. The average Bonchev–Trinajstić information content (AvgIpc) is 3.10. The molecule has 0 spiro atoms. The van der Waals surface area contributed by atoms with Gasteiger partial charge in [-0.2, -0.15) is 0 Å². The molecule has 3 unspecified atom stereocenters. The smallest absolute Gasteiger partial charge is 0.125 e. The van der Waals surface area contributed by atoms with Crippen LogP contribution in [0.3, 0.4) is 0 Å². The lowest BCUT2D eigenvalue weighted by atomic mass is 10.0. The molecule has 3 aromatic rings. The molecule has 5 nitrogen and oxygen atoms in total. The lowest BCUT2D eigenvalue weighted by Crippen LogP contribution is -2.23. The molecule has 2 heterocycles. The summed E-state index contributed by atoms with van der Waals surface area (Å²) >= 11 is 0. The third kappa shape index (κ3) is 4.92.